The number of aliphatic carboxylic acids is 1. The third kappa shape index (κ3) is 3.37. The highest BCUT2D eigenvalue weighted by atomic mass is 32.2. The van der Waals surface area contributed by atoms with Crippen LogP contribution in [0.15, 0.2) is 0 Å². The second kappa shape index (κ2) is 3.69. The highest BCUT2D eigenvalue weighted by Crippen LogP contribution is 2.45. The zero-order valence-electron chi connectivity index (χ0n) is 6.23. The summed E-state index contributed by atoms with van der Waals surface area (Å²) >= 11 is -0.941. The van der Waals surface area contributed by atoms with Crippen LogP contribution in [0.5, 0.6) is 0 Å². The fourth-order valence-electron chi connectivity index (χ4n) is 0.339. The van der Waals surface area contributed by atoms with Crippen molar-refractivity contribution in [2.24, 2.45) is 0 Å². The van der Waals surface area contributed by atoms with Gasteiger partial charge in [-0.15, -0.1) is 0 Å². The number of carboxylic acids is 1. The Morgan fingerprint density at radius 1 is 1.31 bits per heavy atom. The normalized spacial score (nSPS) is 15.5. The van der Waals surface area contributed by atoms with Gasteiger partial charge < -0.3 is 5.11 Å². The van der Waals surface area contributed by atoms with Crippen LogP contribution in [-0.4, -0.2) is 27.8 Å². The first kappa shape index (κ1) is 12.5. The SMILES string of the molecule is C[C@H](SC(F)(F)C(F)(F)F)C(=O)O. The Bertz CT molecular complexity index is 202. The molecule has 0 rings (SSSR count). The van der Waals surface area contributed by atoms with Crippen molar-refractivity contribution in [1.29, 1.82) is 0 Å². The fourth-order valence-corrected chi connectivity index (χ4v) is 1.02. The molecule has 0 aromatic rings. The molecule has 0 heterocycles. The van der Waals surface area contributed by atoms with Crippen molar-refractivity contribution in [2.45, 2.75) is 23.6 Å². The number of rotatable bonds is 3. The maximum absolute atomic E-state index is 12.1. The predicted molar refractivity (Wildman–Crippen MR) is 35.7 cm³/mol. The maximum Gasteiger partial charge on any atom is 0.464 e. The largest absolute Gasteiger partial charge is 0.480 e. The highest BCUT2D eigenvalue weighted by molar-refractivity contribution is 8.01. The molecule has 0 spiro atoms. The molecule has 8 heteroatoms. The number of thioether (sulfide) groups is 1. The third-order valence-corrected chi connectivity index (χ3v) is 2.09. The number of hydrogen-bond acceptors (Lipinski definition) is 2. The van der Waals surface area contributed by atoms with Crippen molar-refractivity contribution in [3.63, 3.8) is 0 Å². The standard InChI is InChI=1S/C5H5F5O2S/c1-2(3(11)12)13-5(9,10)4(6,7)8/h2H,1H3,(H,11,12)/t2-/m0/s1. The van der Waals surface area contributed by atoms with Gasteiger partial charge in [0.2, 0.25) is 0 Å². The van der Waals surface area contributed by atoms with Crippen LogP contribution in [0.4, 0.5) is 22.0 Å². The van der Waals surface area contributed by atoms with Gasteiger partial charge in [-0.2, -0.15) is 22.0 Å². The minimum absolute atomic E-state index is 0.757. The zero-order valence-corrected chi connectivity index (χ0v) is 7.05. The number of hydrogen-bond donors (Lipinski definition) is 1. The van der Waals surface area contributed by atoms with Gasteiger partial charge in [-0.3, -0.25) is 4.79 Å². The lowest BCUT2D eigenvalue weighted by molar-refractivity contribution is -0.237. The van der Waals surface area contributed by atoms with E-state index < -0.39 is 34.4 Å². The van der Waals surface area contributed by atoms with E-state index in [1.165, 1.54) is 0 Å². The van der Waals surface area contributed by atoms with Crippen molar-refractivity contribution in [2.75, 3.05) is 0 Å². The fraction of sp³-hybridized carbons (Fsp3) is 0.800. The molecular weight excluding hydrogens is 219 g/mol. The van der Waals surface area contributed by atoms with Gasteiger partial charge in [0.1, 0.15) is 5.25 Å². The summed E-state index contributed by atoms with van der Waals surface area (Å²) in [5, 5.41) is 1.26. The van der Waals surface area contributed by atoms with Crippen LogP contribution in [0.1, 0.15) is 6.92 Å². The zero-order chi connectivity index (χ0) is 10.9. The van der Waals surface area contributed by atoms with E-state index in [1.54, 1.807) is 0 Å². The minimum Gasteiger partial charge on any atom is -0.480 e. The Hall–Kier alpha value is -0.530. The molecule has 1 N–H and O–H groups in total. The first-order chi connectivity index (χ1) is 5.58. The van der Waals surface area contributed by atoms with E-state index in [4.69, 9.17) is 5.11 Å². The van der Waals surface area contributed by atoms with Crippen LogP contribution in [0.3, 0.4) is 0 Å². The van der Waals surface area contributed by atoms with Crippen LogP contribution in [0, 0.1) is 0 Å². The van der Waals surface area contributed by atoms with Crippen molar-refractivity contribution in [3.8, 4) is 0 Å². The van der Waals surface area contributed by atoms with E-state index in [2.05, 4.69) is 0 Å². The summed E-state index contributed by atoms with van der Waals surface area (Å²) in [7, 11) is 0. The van der Waals surface area contributed by atoms with Crippen molar-refractivity contribution in [3.05, 3.63) is 0 Å². The first-order valence-corrected chi connectivity index (χ1v) is 3.81. The molecule has 0 unspecified atom stereocenters. The predicted octanol–water partition coefficient (Wildman–Crippen LogP) is 2.35. The Morgan fingerprint density at radius 3 is 1.92 bits per heavy atom. The number of carboxylic acid groups (broad SMARTS) is 1. The lowest BCUT2D eigenvalue weighted by Gasteiger charge is -2.20. The van der Waals surface area contributed by atoms with Gasteiger partial charge in [-0.1, -0.05) is 11.8 Å². The molecular formula is C5H5F5O2S. The molecule has 2 nitrogen and oxygen atoms in total. The van der Waals surface area contributed by atoms with E-state index in [9.17, 15) is 26.7 Å². The molecule has 0 aliphatic carbocycles. The van der Waals surface area contributed by atoms with Crippen LogP contribution in [0.25, 0.3) is 0 Å². The van der Waals surface area contributed by atoms with Gasteiger partial charge in [0.05, 0.1) is 0 Å². The molecule has 13 heavy (non-hydrogen) atoms. The first-order valence-electron chi connectivity index (χ1n) is 2.93. The van der Waals surface area contributed by atoms with Gasteiger partial charge in [-0.05, 0) is 6.92 Å². The smallest absolute Gasteiger partial charge is 0.464 e. The van der Waals surface area contributed by atoms with Crippen molar-refractivity contribution < 1.29 is 31.9 Å². The molecule has 0 radical (unpaired) electrons. The Morgan fingerprint density at radius 2 is 1.69 bits per heavy atom. The molecule has 0 bridgehead atoms. The summed E-state index contributed by atoms with van der Waals surface area (Å²) in [5.74, 6) is -1.71. The summed E-state index contributed by atoms with van der Waals surface area (Å²) in [5.41, 5.74) is 0. The molecule has 0 aromatic carbocycles. The quantitative estimate of drug-likeness (QED) is 0.747. The van der Waals surface area contributed by atoms with E-state index in [0.29, 0.717) is 0 Å². The number of carbonyl (C=O) groups is 1. The van der Waals surface area contributed by atoms with Gasteiger partial charge in [-0.25, -0.2) is 0 Å². The van der Waals surface area contributed by atoms with Crippen molar-refractivity contribution >= 4 is 17.7 Å². The topological polar surface area (TPSA) is 37.3 Å². The van der Waals surface area contributed by atoms with Gasteiger partial charge in [0.25, 0.3) is 0 Å². The number of alkyl halides is 5. The molecule has 0 fully saturated rings. The Balaban J connectivity index is 4.43. The second-order valence-electron chi connectivity index (χ2n) is 2.11. The van der Waals surface area contributed by atoms with E-state index in [0.717, 1.165) is 6.92 Å². The van der Waals surface area contributed by atoms with Crippen LogP contribution < -0.4 is 0 Å². The van der Waals surface area contributed by atoms with Gasteiger partial charge >= 0.3 is 17.4 Å². The highest BCUT2D eigenvalue weighted by Gasteiger charge is 2.59. The molecule has 0 saturated heterocycles. The Labute approximate surface area is 74.1 Å². The molecule has 0 aliphatic heterocycles. The Kier molecular flexibility index (Phi) is 3.54. The van der Waals surface area contributed by atoms with Crippen LogP contribution in [-0.2, 0) is 4.79 Å². The molecule has 0 aliphatic rings. The van der Waals surface area contributed by atoms with E-state index >= 15 is 0 Å². The second-order valence-corrected chi connectivity index (χ2v) is 3.57. The van der Waals surface area contributed by atoms with Gasteiger partial charge in [0, 0.05) is 0 Å². The summed E-state index contributed by atoms with van der Waals surface area (Å²) in [6.07, 6.45) is -5.72. The molecule has 78 valence electrons. The average Bonchev–Trinajstić information content (AvgIpc) is 1.83. The minimum atomic E-state index is -5.72. The number of halogens is 5. The van der Waals surface area contributed by atoms with Gasteiger partial charge in [0.15, 0.2) is 0 Å². The van der Waals surface area contributed by atoms with E-state index in [1.807, 2.05) is 0 Å². The monoisotopic (exact) mass is 224 g/mol. The van der Waals surface area contributed by atoms with E-state index in [-0.39, 0.29) is 0 Å². The molecule has 0 aromatic heterocycles. The third-order valence-electron chi connectivity index (χ3n) is 1.00. The summed E-state index contributed by atoms with van der Waals surface area (Å²) < 4.78 is 58.7. The summed E-state index contributed by atoms with van der Waals surface area (Å²) in [6, 6.07) is 0. The molecule has 1 atom stereocenters. The molecule has 0 saturated carbocycles. The average molecular weight is 224 g/mol. The summed E-state index contributed by atoms with van der Waals surface area (Å²) in [4.78, 5) is 9.98. The summed E-state index contributed by atoms with van der Waals surface area (Å²) in [6.45, 7) is 0.757. The maximum atomic E-state index is 12.1. The van der Waals surface area contributed by atoms with Crippen molar-refractivity contribution in [1.82, 2.24) is 0 Å². The van der Waals surface area contributed by atoms with Crippen LogP contribution >= 0.6 is 11.8 Å². The van der Waals surface area contributed by atoms with Crippen LogP contribution in [0.2, 0.25) is 0 Å². The lowest BCUT2D eigenvalue weighted by Crippen LogP contribution is -2.35. The molecule has 0 amide bonds. The lowest BCUT2D eigenvalue weighted by atomic mass is 10.5.